The van der Waals surface area contributed by atoms with Gasteiger partial charge in [0.25, 0.3) is 5.56 Å². The first-order valence-corrected chi connectivity index (χ1v) is 7.33. The highest BCUT2D eigenvalue weighted by Gasteiger charge is 2.21. The van der Waals surface area contributed by atoms with Crippen LogP contribution in [-0.2, 0) is 25.9 Å². The third-order valence-corrected chi connectivity index (χ3v) is 3.70. The third kappa shape index (κ3) is 3.16. The lowest BCUT2D eigenvalue weighted by Crippen LogP contribution is -2.35. The van der Waals surface area contributed by atoms with Crippen molar-refractivity contribution in [3.8, 4) is 0 Å². The maximum atomic E-state index is 12.2. The molecule has 1 N–H and O–H groups in total. The average Bonchev–Trinajstić information content (AvgIpc) is 2.49. The summed E-state index contributed by atoms with van der Waals surface area (Å²) in [7, 11) is 0. The summed E-state index contributed by atoms with van der Waals surface area (Å²) < 4.78 is 0. The Kier molecular flexibility index (Phi) is 4.06. The normalized spacial score (nSPS) is 14.9. The highest BCUT2D eigenvalue weighted by atomic mass is 16.1. The van der Waals surface area contributed by atoms with Gasteiger partial charge in [-0.2, -0.15) is 0 Å². The number of aromatic amines is 1. The molecule has 0 aromatic carbocycles. The fraction of sp³-hybridized carbons (Fsp3) is 0.467. The Morgan fingerprint density at radius 3 is 2.90 bits per heavy atom. The molecule has 110 valence electrons. The molecule has 2 aromatic rings. The van der Waals surface area contributed by atoms with E-state index >= 15 is 0 Å². The number of aromatic nitrogens is 4. The van der Waals surface area contributed by atoms with Gasteiger partial charge in [-0.1, -0.05) is 6.92 Å². The van der Waals surface area contributed by atoms with Crippen LogP contribution in [0.3, 0.4) is 0 Å². The van der Waals surface area contributed by atoms with Crippen molar-refractivity contribution >= 4 is 0 Å². The minimum Gasteiger partial charge on any atom is -0.310 e. The summed E-state index contributed by atoms with van der Waals surface area (Å²) in [5.74, 6) is 0.811. The number of nitrogens with zero attached hydrogens (tertiary/aromatic N) is 4. The molecular formula is C15H19N5O. The SMILES string of the molecule is CCCc1nc2c(c(=O)[nH]1)CN(Cc1cncnc1)CC2. The van der Waals surface area contributed by atoms with Crippen molar-refractivity contribution in [2.75, 3.05) is 6.54 Å². The summed E-state index contributed by atoms with van der Waals surface area (Å²) in [5.41, 5.74) is 2.84. The lowest BCUT2D eigenvalue weighted by Gasteiger charge is -2.27. The third-order valence-electron chi connectivity index (χ3n) is 3.70. The summed E-state index contributed by atoms with van der Waals surface area (Å²) in [4.78, 5) is 30.0. The molecule has 6 nitrogen and oxygen atoms in total. The Morgan fingerprint density at radius 1 is 1.33 bits per heavy atom. The van der Waals surface area contributed by atoms with Crippen molar-refractivity contribution in [3.63, 3.8) is 0 Å². The second kappa shape index (κ2) is 6.13. The summed E-state index contributed by atoms with van der Waals surface area (Å²) in [6, 6.07) is 0. The molecule has 3 rings (SSSR count). The Labute approximate surface area is 123 Å². The van der Waals surface area contributed by atoms with Crippen LogP contribution >= 0.6 is 0 Å². The quantitative estimate of drug-likeness (QED) is 0.909. The molecule has 0 atom stereocenters. The predicted molar refractivity (Wildman–Crippen MR) is 78.7 cm³/mol. The van der Waals surface area contributed by atoms with Crippen LogP contribution in [0.15, 0.2) is 23.5 Å². The van der Waals surface area contributed by atoms with E-state index in [9.17, 15) is 4.79 Å². The van der Waals surface area contributed by atoms with Crippen molar-refractivity contribution < 1.29 is 0 Å². The summed E-state index contributed by atoms with van der Waals surface area (Å²) in [6.07, 6.45) is 7.79. The molecule has 0 saturated carbocycles. The van der Waals surface area contributed by atoms with Crippen molar-refractivity contribution in [2.24, 2.45) is 0 Å². The van der Waals surface area contributed by atoms with Gasteiger partial charge in [0.05, 0.1) is 11.3 Å². The van der Waals surface area contributed by atoms with E-state index in [4.69, 9.17) is 0 Å². The Morgan fingerprint density at radius 2 is 2.14 bits per heavy atom. The first kappa shape index (κ1) is 13.9. The molecule has 6 heteroatoms. The highest BCUT2D eigenvalue weighted by Crippen LogP contribution is 2.16. The fourth-order valence-electron chi connectivity index (χ4n) is 2.69. The summed E-state index contributed by atoms with van der Waals surface area (Å²) in [6.45, 7) is 4.39. The van der Waals surface area contributed by atoms with E-state index in [-0.39, 0.29) is 5.56 Å². The number of nitrogens with one attached hydrogen (secondary N) is 1. The van der Waals surface area contributed by atoms with E-state index < -0.39 is 0 Å². The maximum Gasteiger partial charge on any atom is 0.255 e. The van der Waals surface area contributed by atoms with E-state index in [1.807, 2.05) is 12.4 Å². The topological polar surface area (TPSA) is 74.8 Å². The van der Waals surface area contributed by atoms with Gasteiger partial charge < -0.3 is 4.98 Å². The number of aryl methyl sites for hydroxylation is 1. The fourth-order valence-corrected chi connectivity index (χ4v) is 2.69. The smallest absolute Gasteiger partial charge is 0.255 e. The van der Waals surface area contributed by atoms with Gasteiger partial charge in [0.2, 0.25) is 0 Å². The average molecular weight is 285 g/mol. The van der Waals surface area contributed by atoms with Crippen molar-refractivity contribution in [3.05, 3.63) is 51.7 Å². The molecule has 0 unspecified atom stereocenters. The summed E-state index contributed by atoms with van der Waals surface area (Å²) in [5, 5.41) is 0. The van der Waals surface area contributed by atoms with Gasteiger partial charge >= 0.3 is 0 Å². The standard InChI is InChI=1S/C15H19N5O/c1-2-3-14-18-13-4-5-20(9-12(13)15(21)19-14)8-11-6-16-10-17-7-11/h6-7,10H,2-5,8-9H2,1H3,(H,18,19,21). The number of H-pyrrole nitrogens is 1. The molecule has 0 radical (unpaired) electrons. The monoisotopic (exact) mass is 285 g/mol. The molecule has 0 spiro atoms. The van der Waals surface area contributed by atoms with Crippen molar-refractivity contribution in [1.82, 2.24) is 24.8 Å². The van der Waals surface area contributed by atoms with E-state index in [1.54, 1.807) is 0 Å². The van der Waals surface area contributed by atoms with E-state index in [2.05, 4.69) is 31.8 Å². The van der Waals surface area contributed by atoms with E-state index in [0.29, 0.717) is 6.54 Å². The second-order valence-electron chi connectivity index (χ2n) is 5.40. The molecule has 0 bridgehead atoms. The predicted octanol–water partition coefficient (Wildman–Crippen LogP) is 1.07. The van der Waals surface area contributed by atoms with Gasteiger partial charge in [0.1, 0.15) is 12.2 Å². The van der Waals surface area contributed by atoms with Crippen molar-refractivity contribution in [2.45, 2.75) is 39.3 Å². The lowest BCUT2D eigenvalue weighted by atomic mass is 10.1. The molecule has 2 aromatic heterocycles. The molecule has 0 fully saturated rings. The number of hydrogen-bond acceptors (Lipinski definition) is 5. The molecule has 0 amide bonds. The first-order chi connectivity index (χ1) is 10.3. The largest absolute Gasteiger partial charge is 0.310 e. The molecule has 1 aliphatic heterocycles. The van der Waals surface area contributed by atoms with Crippen LogP contribution in [0.2, 0.25) is 0 Å². The van der Waals surface area contributed by atoms with E-state index in [1.165, 1.54) is 6.33 Å². The summed E-state index contributed by atoms with van der Waals surface area (Å²) >= 11 is 0. The zero-order valence-electron chi connectivity index (χ0n) is 12.2. The highest BCUT2D eigenvalue weighted by molar-refractivity contribution is 5.21. The number of hydrogen-bond donors (Lipinski definition) is 1. The second-order valence-corrected chi connectivity index (χ2v) is 5.40. The molecular weight excluding hydrogens is 266 g/mol. The first-order valence-electron chi connectivity index (χ1n) is 7.33. The Hall–Kier alpha value is -2.08. The molecule has 3 heterocycles. The van der Waals surface area contributed by atoms with Gasteiger partial charge in [0, 0.05) is 50.4 Å². The van der Waals surface area contributed by atoms with Gasteiger partial charge in [-0.05, 0) is 6.42 Å². The van der Waals surface area contributed by atoms with Crippen molar-refractivity contribution in [1.29, 1.82) is 0 Å². The molecule has 21 heavy (non-hydrogen) atoms. The van der Waals surface area contributed by atoms with Crippen LogP contribution in [0, 0.1) is 0 Å². The van der Waals surface area contributed by atoms with Crippen LogP contribution in [0.1, 0.15) is 36.0 Å². The Bertz CT molecular complexity index is 668. The van der Waals surface area contributed by atoms with Gasteiger partial charge in [-0.25, -0.2) is 15.0 Å². The van der Waals surface area contributed by atoms with Crippen LogP contribution in [0.5, 0.6) is 0 Å². The molecule has 1 aliphatic rings. The van der Waals surface area contributed by atoms with Crippen LogP contribution < -0.4 is 5.56 Å². The minimum absolute atomic E-state index is 0.0115. The van der Waals surface area contributed by atoms with Crippen LogP contribution in [0.4, 0.5) is 0 Å². The van der Waals surface area contributed by atoms with E-state index in [0.717, 1.165) is 55.0 Å². The zero-order chi connectivity index (χ0) is 14.7. The lowest BCUT2D eigenvalue weighted by molar-refractivity contribution is 0.241. The van der Waals surface area contributed by atoms with Crippen LogP contribution in [-0.4, -0.2) is 31.4 Å². The Balaban J connectivity index is 1.78. The zero-order valence-corrected chi connectivity index (χ0v) is 12.2. The van der Waals surface area contributed by atoms with Gasteiger partial charge in [0.15, 0.2) is 0 Å². The molecule has 0 saturated heterocycles. The number of rotatable bonds is 4. The molecule has 0 aliphatic carbocycles. The van der Waals surface area contributed by atoms with Crippen LogP contribution in [0.25, 0.3) is 0 Å². The number of fused-ring (bicyclic) bond motifs is 1. The van der Waals surface area contributed by atoms with Gasteiger partial charge in [-0.3, -0.25) is 9.69 Å². The maximum absolute atomic E-state index is 12.2. The minimum atomic E-state index is 0.0115. The van der Waals surface area contributed by atoms with Gasteiger partial charge in [-0.15, -0.1) is 0 Å².